The van der Waals surface area contributed by atoms with Crippen LogP contribution in [0.15, 0.2) is 194 Å². The molecule has 226 valence electrons. The second-order valence-electron chi connectivity index (χ2n) is 12.4. The standard InChI is InChI=1S/C45H32N2Si/c1-4-20-37(21-5-1)48(38-22-6-2-7-23-38,39-24-8-3-9-25-39)40-26-15-18-34(31-40)33-17-14-19-36(30-33)47-43-29-13-12-28-42(43)44-41-27-11-10-16-35(41)32-46-45(44)47/h1-32H. The highest BCUT2D eigenvalue weighted by molar-refractivity contribution is 7.19. The molecule has 2 heterocycles. The van der Waals surface area contributed by atoms with Crippen LogP contribution in [-0.4, -0.2) is 17.6 Å². The molecular weight excluding hydrogens is 597 g/mol. The van der Waals surface area contributed by atoms with Crippen molar-refractivity contribution in [2.24, 2.45) is 0 Å². The van der Waals surface area contributed by atoms with Gasteiger partial charge in [0.15, 0.2) is 8.07 Å². The van der Waals surface area contributed by atoms with Crippen LogP contribution in [0.25, 0.3) is 49.5 Å². The predicted octanol–water partition coefficient (Wildman–Crippen LogP) is 8.38. The van der Waals surface area contributed by atoms with Gasteiger partial charge in [-0.15, -0.1) is 0 Å². The normalized spacial score (nSPS) is 11.8. The van der Waals surface area contributed by atoms with E-state index in [0.29, 0.717) is 0 Å². The lowest BCUT2D eigenvalue weighted by Gasteiger charge is -2.34. The summed E-state index contributed by atoms with van der Waals surface area (Å²) in [4.78, 5) is 5.04. The summed E-state index contributed by atoms with van der Waals surface area (Å²) in [5.74, 6) is 0. The van der Waals surface area contributed by atoms with E-state index in [2.05, 4.69) is 193 Å². The molecule has 0 aliphatic rings. The van der Waals surface area contributed by atoms with E-state index >= 15 is 0 Å². The van der Waals surface area contributed by atoms with Crippen LogP contribution in [0.1, 0.15) is 0 Å². The monoisotopic (exact) mass is 628 g/mol. The lowest BCUT2D eigenvalue weighted by molar-refractivity contribution is 1.14. The van der Waals surface area contributed by atoms with Crippen molar-refractivity contribution in [3.63, 3.8) is 0 Å². The number of hydrogen-bond donors (Lipinski definition) is 0. The van der Waals surface area contributed by atoms with Crippen molar-refractivity contribution < 1.29 is 0 Å². The molecule has 9 rings (SSSR count). The Morgan fingerprint density at radius 2 is 0.938 bits per heavy atom. The van der Waals surface area contributed by atoms with Crippen LogP contribution >= 0.6 is 0 Å². The summed E-state index contributed by atoms with van der Waals surface area (Å²) < 4.78 is 2.32. The van der Waals surface area contributed by atoms with Gasteiger partial charge < -0.3 is 0 Å². The topological polar surface area (TPSA) is 17.8 Å². The van der Waals surface area contributed by atoms with E-state index in [0.717, 1.165) is 22.2 Å². The van der Waals surface area contributed by atoms with Crippen molar-refractivity contribution in [2.75, 3.05) is 0 Å². The van der Waals surface area contributed by atoms with Gasteiger partial charge in [-0.05, 0) is 55.5 Å². The molecule has 0 amide bonds. The third-order valence-electron chi connectivity index (χ3n) is 9.76. The maximum Gasteiger partial charge on any atom is 0.179 e. The van der Waals surface area contributed by atoms with E-state index in [-0.39, 0.29) is 0 Å². The molecule has 0 spiro atoms. The molecule has 0 bridgehead atoms. The molecule has 0 atom stereocenters. The highest BCUT2D eigenvalue weighted by atomic mass is 28.3. The first-order valence-electron chi connectivity index (χ1n) is 16.5. The molecule has 0 radical (unpaired) electrons. The minimum Gasteiger partial charge on any atom is -0.294 e. The second kappa shape index (κ2) is 11.6. The largest absolute Gasteiger partial charge is 0.294 e. The van der Waals surface area contributed by atoms with Gasteiger partial charge in [-0.3, -0.25) is 4.57 Å². The van der Waals surface area contributed by atoms with Crippen LogP contribution in [0.4, 0.5) is 0 Å². The summed E-state index contributed by atoms with van der Waals surface area (Å²) >= 11 is 0. The van der Waals surface area contributed by atoms with Crippen molar-refractivity contribution in [1.29, 1.82) is 0 Å². The smallest absolute Gasteiger partial charge is 0.179 e. The van der Waals surface area contributed by atoms with Crippen LogP contribution in [-0.2, 0) is 0 Å². The zero-order valence-electron chi connectivity index (χ0n) is 26.4. The zero-order chi connectivity index (χ0) is 31.9. The van der Waals surface area contributed by atoms with Gasteiger partial charge in [-0.25, -0.2) is 4.98 Å². The van der Waals surface area contributed by atoms with Gasteiger partial charge in [0.2, 0.25) is 0 Å². The lowest BCUT2D eigenvalue weighted by atomic mass is 10.1. The third-order valence-corrected chi connectivity index (χ3v) is 14.5. The van der Waals surface area contributed by atoms with E-state index in [4.69, 9.17) is 4.98 Å². The fraction of sp³-hybridized carbons (Fsp3) is 0. The number of hydrogen-bond acceptors (Lipinski definition) is 1. The Bertz CT molecular complexity index is 2460. The van der Waals surface area contributed by atoms with Gasteiger partial charge in [-0.1, -0.05) is 170 Å². The Kier molecular flexibility index (Phi) is 6.84. The maximum absolute atomic E-state index is 5.04. The van der Waals surface area contributed by atoms with Crippen molar-refractivity contribution in [3.8, 4) is 16.8 Å². The predicted molar refractivity (Wildman–Crippen MR) is 205 cm³/mol. The Balaban J connectivity index is 1.26. The SMILES string of the molecule is c1ccc([Si](c2ccccc2)(c2ccccc2)c2cccc(-c3cccc(-n4c5ccccc5c5c6ccccc6cnc54)c3)c2)cc1. The zero-order valence-corrected chi connectivity index (χ0v) is 27.4. The quantitative estimate of drug-likeness (QED) is 0.134. The van der Waals surface area contributed by atoms with Crippen molar-refractivity contribution in [2.45, 2.75) is 0 Å². The Morgan fingerprint density at radius 3 is 1.60 bits per heavy atom. The number of fused-ring (bicyclic) bond motifs is 5. The van der Waals surface area contributed by atoms with Crippen molar-refractivity contribution in [1.82, 2.24) is 9.55 Å². The first-order valence-corrected chi connectivity index (χ1v) is 18.5. The second-order valence-corrected chi connectivity index (χ2v) is 16.2. The highest BCUT2D eigenvalue weighted by Gasteiger charge is 2.41. The Morgan fingerprint density at radius 1 is 0.417 bits per heavy atom. The molecule has 2 aromatic heterocycles. The molecule has 0 aliphatic carbocycles. The van der Waals surface area contributed by atoms with E-state index in [9.17, 15) is 0 Å². The van der Waals surface area contributed by atoms with E-state index in [1.807, 2.05) is 6.20 Å². The summed E-state index contributed by atoms with van der Waals surface area (Å²) in [6, 6.07) is 68.8. The Hall–Kier alpha value is -6.03. The molecule has 0 unspecified atom stereocenters. The minimum absolute atomic E-state index is 0.976. The average Bonchev–Trinajstić information content (AvgIpc) is 3.52. The first kappa shape index (κ1) is 28.2. The molecule has 0 aliphatic heterocycles. The fourth-order valence-electron chi connectivity index (χ4n) is 7.66. The highest BCUT2D eigenvalue weighted by Crippen LogP contribution is 2.36. The van der Waals surface area contributed by atoms with Gasteiger partial charge in [0.25, 0.3) is 0 Å². The van der Waals surface area contributed by atoms with Gasteiger partial charge in [-0.2, -0.15) is 0 Å². The fourth-order valence-corrected chi connectivity index (χ4v) is 12.5. The molecule has 48 heavy (non-hydrogen) atoms. The number of pyridine rings is 1. The number of nitrogens with zero attached hydrogens (tertiary/aromatic N) is 2. The van der Waals surface area contributed by atoms with Crippen LogP contribution in [0.3, 0.4) is 0 Å². The average molecular weight is 629 g/mol. The molecule has 7 aromatic carbocycles. The summed E-state index contributed by atoms with van der Waals surface area (Å²) in [6.07, 6.45) is 2.00. The van der Waals surface area contributed by atoms with E-state index < -0.39 is 8.07 Å². The molecule has 0 N–H and O–H groups in total. The van der Waals surface area contributed by atoms with E-state index in [1.165, 1.54) is 48.0 Å². The van der Waals surface area contributed by atoms with Crippen LogP contribution < -0.4 is 20.7 Å². The number of aromatic nitrogens is 2. The molecule has 0 saturated carbocycles. The first-order chi connectivity index (χ1) is 23.8. The van der Waals surface area contributed by atoms with Crippen LogP contribution in [0.2, 0.25) is 0 Å². The van der Waals surface area contributed by atoms with Crippen molar-refractivity contribution >= 4 is 61.5 Å². The summed E-state index contributed by atoms with van der Waals surface area (Å²) in [5.41, 5.74) is 5.62. The summed E-state index contributed by atoms with van der Waals surface area (Å²) in [5, 5.41) is 10.3. The molecule has 0 fully saturated rings. The number of para-hydroxylation sites is 1. The molecule has 9 aromatic rings. The molecular formula is C45H32N2Si. The summed E-state index contributed by atoms with van der Waals surface area (Å²) in [7, 11) is -2.64. The van der Waals surface area contributed by atoms with Crippen LogP contribution in [0, 0.1) is 0 Å². The van der Waals surface area contributed by atoms with Gasteiger partial charge in [0.05, 0.1) is 5.52 Å². The molecule has 3 heteroatoms. The minimum atomic E-state index is -2.64. The third kappa shape index (κ3) is 4.44. The van der Waals surface area contributed by atoms with Gasteiger partial charge in [0.1, 0.15) is 5.65 Å². The maximum atomic E-state index is 5.04. The molecule has 2 nitrogen and oxygen atoms in total. The number of rotatable bonds is 6. The molecule has 0 saturated heterocycles. The van der Waals surface area contributed by atoms with Gasteiger partial charge in [0, 0.05) is 28.0 Å². The Labute approximate surface area is 281 Å². The van der Waals surface area contributed by atoms with Gasteiger partial charge >= 0.3 is 0 Å². The van der Waals surface area contributed by atoms with Crippen molar-refractivity contribution in [3.05, 3.63) is 194 Å². The van der Waals surface area contributed by atoms with E-state index in [1.54, 1.807) is 0 Å². The lowest BCUT2D eigenvalue weighted by Crippen LogP contribution is -2.74. The number of benzene rings is 7. The van der Waals surface area contributed by atoms with Crippen LogP contribution in [0.5, 0.6) is 0 Å². The summed E-state index contributed by atoms with van der Waals surface area (Å²) in [6.45, 7) is 0.